The number of nitrogens with zero attached hydrogens (tertiary/aromatic N) is 1. The molecule has 0 spiro atoms. The number of carboxylic acid groups (broad SMARTS) is 1. The zero-order chi connectivity index (χ0) is 12.8. The Bertz CT molecular complexity index is 281. The average Bonchev–Trinajstić information content (AvgIpc) is 2.29. The number of carboxylic acids is 1. The zero-order valence-corrected chi connectivity index (χ0v) is 10.1. The molecule has 1 aliphatic heterocycles. The highest BCUT2D eigenvalue weighted by molar-refractivity contribution is 5.82. The highest BCUT2D eigenvalue weighted by Crippen LogP contribution is 2.19. The predicted molar refractivity (Wildman–Crippen MR) is 61.6 cm³/mol. The Morgan fingerprint density at radius 1 is 1.53 bits per heavy atom. The molecule has 1 rings (SSSR count). The van der Waals surface area contributed by atoms with Crippen molar-refractivity contribution in [2.75, 3.05) is 19.7 Å². The van der Waals surface area contributed by atoms with Gasteiger partial charge in [-0.25, -0.2) is 4.79 Å². The van der Waals surface area contributed by atoms with E-state index in [1.165, 1.54) is 6.92 Å². The van der Waals surface area contributed by atoms with Crippen molar-refractivity contribution in [1.29, 1.82) is 0 Å². The highest BCUT2D eigenvalue weighted by Gasteiger charge is 2.25. The molecule has 98 valence electrons. The molecule has 6 heteroatoms. The number of hydrogen-bond acceptors (Lipinski definition) is 3. The van der Waals surface area contributed by atoms with Crippen LogP contribution in [0.1, 0.15) is 26.2 Å². The van der Waals surface area contributed by atoms with Gasteiger partial charge in [-0.3, -0.25) is 4.79 Å². The quantitative estimate of drug-likeness (QED) is 0.662. The summed E-state index contributed by atoms with van der Waals surface area (Å²) < 4.78 is 0. The summed E-state index contributed by atoms with van der Waals surface area (Å²) >= 11 is 0. The Kier molecular flexibility index (Phi) is 5.21. The van der Waals surface area contributed by atoms with Gasteiger partial charge in [0.25, 0.3) is 0 Å². The Morgan fingerprint density at radius 2 is 2.24 bits per heavy atom. The molecule has 0 aromatic rings. The fourth-order valence-electron chi connectivity index (χ4n) is 2.01. The monoisotopic (exact) mass is 244 g/mol. The third-order valence-electron chi connectivity index (χ3n) is 3.05. The number of piperidine rings is 1. The van der Waals surface area contributed by atoms with E-state index in [2.05, 4.69) is 5.32 Å². The number of carbonyl (C=O) groups is 2. The van der Waals surface area contributed by atoms with Crippen molar-refractivity contribution in [3.8, 4) is 0 Å². The van der Waals surface area contributed by atoms with Crippen molar-refractivity contribution in [3.63, 3.8) is 0 Å². The summed E-state index contributed by atoms with van der Waals surface area (Å²) in [5.41, 5.74) is 0. The fraction of sp³-hybridized carbons (Fsp3) is 0.818. The van der Waals surface area contributed by atoms with Gasteiger partial charge in [-0.15, -0.1) is 0 Å². The number of hydrogen-bond donors (Lipinski definition) is 3. The molecule has 1 unspecified atom stereocenters. The highest BCUT2D eigenvalue weighted by atomic mass is 16.4. The molecule has 0 aromatic carbocycles. The standard InChI is InChI=1S/C11H20N2O4/c1-8(10(15)16)12-11(17)13-5-2-3-9(7-13)4-6-14/h8-9,14H,2-7H2,1H3,(H,12,17)(H,15,16)/t8-,9?/m1/s1. The molecule has 1 saturated heterocycles. The maximum atomic E-state index is 11.8. The van der Waals surface area contributed by atoms with Crippen LogP contribution in [0.2, 0.25) is 0 Å². The van der Waals surface area contributed by atoms with Gasteiger partial charge in [0.1, 0.15) is 6.04 Å². The Morgan fingerprint density at radius 3 is 2.82 bits per heavy atom. The van der Waals surface area contributed by atoms with Crippen LogP contribution in [0.5, 0.6) is 0 Å². The van der Waals surface area contributed by atoms with Gasteiger partial charge in [-0.1, -0.05) is 0 Å². The first-order valence-electron chi connectivity index (χ1n) is 5.93. The lowest BCUT2D eigenvalue weighted by atomic mass is 9.95. The first-order valence-corrected chi connectivity index (χ1v) is 5.93. The van der Waals surface area contributed by atoms with E-state index < -0.39 is 12.0 Å². The van der Waals surface area contributed by atoms with E-state index in [0.717, 1.165) is 12.8 Å². The second-order valence-electron chi connectivity index (χ2n) is 4.48. The van der Waals surface area contributed by atoms with Crippen LogP contribution in [0.15, 0.2) is 0 Å². The van der Waals surface area contributed by atoms with Crippen LogP contribution >= 0.6 is 0 Å². The van der Waals surface area contributed by atoms with E-state index in [-0.39, 0.29) is 12.6 Å². The number of aliphatic carboxylic acids is 1. The van der Waals surface area contributed by atoms with Gasteiger partial charge >= 0.3 is 12.0 Å². The normalized spacial score (nSPS) is 22.0. The number of rotatable bonds is 4. The van der Waals surface area contributed by atoms with Crippen molar-refractivity contribution >= 4 is 12.0 Å². The summed E-state index contributed by atoms with van der Waals surface area (Å²) in [5, 5.41) is 20.0. The Labute approximate surface area is 101 Å². The minimum atomic E-state index is -1.04. The lowest BCUT2D eigenvalue weighted by Crippen LogP contribution is -2.49. The van der Waals surface area contributed by atoms with Crippen LogP contribution in [-0.2, 0) is 4.79 Å². The molecule has 2 atom stereocenters. The molecular weight excluding hydrogens is 224 g/mol. The van der Waals surface area contributed by atoms with Crippen LogP contribution in [-0.4, -0.2) is 52.9 Å². The molecule has 17 heavy (non-hydrogen) atoms. The van der Waals surface area contributed by atoms with E-state index in [4.69, 9.17) is 10.2 Å². The van der Waals surface area contributed by atoms with Crippen LogP contribution in [0, 0.1) is 5.92 Å². The molecule has 0 aliphatic carbocycles. The zero-order valence-electron chi connectivity index (χ0n) is 10.1. The van der Waals surface area contributed by atoms with Crippen molar-refractivity contribution < 1.29 is 19.8 Å². The van der Waals surface area contributed by atoms with Gasteiger partial charge in [0.15, 0.2) is 0 Å². The molecule has 2 amide bonds. The van der Waals surface area contributed by atoms with Gasteiger partial charge in [0.05, 0.1) is 0 Å². The number of aliphatic hydroxyl groups is 1. The minimum Gasteiger partial charge on any atom is -0.480 e. The fourth-order valence-corrected chi connectivity index (χ4v) is 2.01. The Hall–Kier alpha value is -1.30. The molecule has 0 radical (unpaired) electrons. The second kappa shape index (κ2) is 6.44. The summed E-state index contributed by atoms with van der Waals surface area (Å²) in [7, 11) is 0. The number of carbonyl (C=O) groups excluding carboxylic acids is 1. The number of aliphatic hydroxyl groups excluding tert-OH is 1. The first kappa shape index (κ1) is 13.8. The first-order chi connectivity index (χ1) is 8.04. The van der Waals surface area contributed by atoms with Gasteiger partial charge < -0.3 is 20.4 Å². The molecule has 6 nitrogen and oxygen atoms in total. The Balaban J connectivity index is 2.43. The number of amides is 2. The van der Waals surface area contributed by atoms with Gasteiger partial charge in [-0.2, -0.15) is 0 Å². The molecule has 1 heterocycles. The third kappa shape index (κ3) is 4.22. The SMILES string of the molecule is C[C@@H](NC(=O)N1CCCC(CCO)C1)C(=O)O. The van der Waals surface area contributed by atoms with Crippen molar-refractivity contribution in [2.24, 2.45) is 5.92 Å². The summed E-state index contributed by atoms with van der Waals surface area (Å²) in [5.74, 6) is -0.720. The smallest absolute Gasteiger partial charge is 0.325 e. The molecule has 0 bridgehead atoms. The van der Waals surface area contributed by atoms with Gasteiger partial charge in [0, 0.05) is 19.7 Å². The van der Waals surface area contributed by atoms with E-state index in [1.54, 1.807) is 4.90 Å². The van der Waals surface area contributed by atoms with Crippen molar-refractivity contribution in [3.05, 3.63) is 0 Å². The lowest BCUT2D eigenvalue weighted by molar-refractivity contribution is -0.138. The minimum absolute atomic E-state index is 0.131. The number of urea groups is 1. The predicted octanol–water partition coefficient (Wildman–Crippen LogP) is 0.263. The average molecular weight is 244 g/mol. The third-order valence-corrected chi connectivity index (χ3v) is 3.05. The van der Waals surface area contributed by atoms with Crippen LogP contribution < -0.4 is 5.32 Å². The molecule has 1 fully saturated rings. The maximum Gasteiger partial charge on any atom is 0.325 e. The van der Waals surface area contributed by atoms with Crippen molar-refractivity contribution in [2.45, 2.75) is 32.2 Å². The number of likely N-dealkylation sites (tertiary alicyclic amines) is 1. The van der Waals surface area contributed by atoms with Gasteiger partial charge in [-0.05, 0) is 32.1 Å². The molecule has 3 N–H and O–H groups in total. The maximum absolute atomic E-state index is 11.8. The van der Waals surface area contributed by atoms with E-state index in [9.17, 15) is 9.59 Å². The lowest BCUT2D eigenvalue weighted by Gasteiger charge is -2.33. The molecule has 0 aromatic heterocycles. The summed E-state index contributed by atoms with van der Waals surface area (Å²) in [4.78, 5) is 24.0. The summed E-state index contributed by atoms with van der Waals surface area (Å²) in [6.45, 7) is 2.82. The van der Waals surface area contributed by atoms with Crippen LogP contribution in [0.4, 0.5) is 4.79 Å². The molecular formula is C11H20N2O4. The van der Waals surface area contributed by atoms with E-state index in [0.29, 0.717) is 25.4 Å². The second-order valence-corrected chi connectivity index (χ2v) is 4.48. The molecule has 1 aliphatic rings. The van der Waals surface area contributed by atoms with Crippen molar-refractivity contribution in [1.82, 2.24) is 10.2 Å². The van der Waals surface area contributed by atoms with Crippen LogP contribution in [0.25, 0.3) is 0 Å². The van der Waals surface area contributed by atoms with E-state index >= 15 is 0 Å². The number of nitrogens with one attached hydrogen (secondary N) is 1. The topological polar surface area (TPSA) is 89.9 Å². The van der Waals surface area contributed by atoms with E-state index in [1.807, 2.05) is 0 Å². The molecule has 0 saturated carbocycles. The summed E-state index contributed by atoms with van der Waals surface area (Å²) in [6.07, 6.45) is 2.61. The van der Waals surface area contributed by atoms with Gasteiger partial charge in [0.2, 0.25) is 0 Å². The van der Waals surface area contributed by atoms with Crippen LogP contribution in [0.3, 0.4) is 0 Å². The largest absolute Gasteiger partial charge is 0.480 e. The summed E-state index contributed by atoms with van der Waals surface area (Å²) in [6, 6.07) is -1.21.